The number of hydrogen-bond donors (Lipinski definition) is 0. The van der Waals surface area contributed by atoms with E-state index in [1.54, 1.807) is 0 Å². The summed E-state index contributed by atoms with van der Waals surface area (Å²) in [6.45, 7) is 0. The van der Waals surface area contributed by atoms with Crippen LogP contribution in [0, 0.1) is 0 Å². The van der Waals surface area contributed by atoms with Crippen LogP contribution in [0.2, 0.25) is 0 Å². The Morgan fingerprint density at radius 1 is 0.167 bits per heavy atom. The van der Waals surface area contributed by atoms with Crippen molar-refractivity contribution in [3.05, 3.63) is 0 Å². The van der Waals surface area contributed by atoms with E-state index in [9.17, 15) is 0 Å². The summed E-state index contributed by atoms with van der Waals surface area (Å²) in [5.74, 6) is 0. The molecule has 9 N–H and O–H groups in total. The fourth-order valence-corrected chi connectivity index (χ4v) is 0. The third-order valence-corrected chi connectivity index (χ3v) is 0. The van der Waals surface area contributed by atoms with Crippen LogP contribution < -0.4 is 0 Å². The van der Waals surface area contributed by atoms with Crippen molar-refractivity contribution >= 4 is 52.1 Å². The molecule has 0 saturated heterocycles. The molecule has 0 amide bonds. The van der Waals surface area contributed by atoms with Crippen LogP contribution in [0.1, 0.15) is 0 Å². The van der Waals surface area contributed by atoms with Gasteiger partial charge in [0.25, 0.3) is 0 Å². The Morgan fingerprint density at radius 3 is 0.167 bits per heavy atom. The molecule has 0 rings (SSSR count). The first-order valence-corrected chi connectivity index (χ1v) is 0. The zero-order valence-electron chi connectivity index (χ0n) is 5.76. The predicted octanol–water partition coefficient (Wildman–Crippen LogP) is -2.73. The van der Waals surface area contributed by atoms with Gasteiger partial charge in [0, 0.05) is 0 Å². The minimum Gasteiger partial charge on any atom is -0.870 e. The zero-order chi connectivity index (χ0) is 0. The maximum Gasteiger partial charge on any atom is 3.00 e. The molecule has 12 heavy (non-hydrogen) atoms. The molecule has 0 spiro atoms. The first-order chi connectivity index (χ1) is 0. The second-order valence-electron chi connectivity index (χ2n) is 0. The average molecular weight is 234 g/mol. The van der Waals surface area contributed by atoms with Crippen molar-refractivity contribution in [1.82, 2.24) is 0 Å². The summed E-state index contributed by atoms with van der Waals surface area (Å²) in [5.41, 5.74) is 0. The minimum absolute atomic E-state index is 0. The molecule has 0 saturated carbocycles. The monoisotopic (exact) mass is 234 g/mol. The molecule has 0 unspecified atom stereocenters. The van der Waals surface area contributed by atoms with Crippen LogP contribution in [-0.2, 0) is 0 Å². The van der Waals surface area contributed by atoms with Crippen LogP contribution in [0.25, 0.3) is 0 Å². The molecule has 0 aliphatic carbocycles. The molecular formula is H9Al3O9. The van der Waals surface area contributed by atoms with Gasteiger partial charge in [-0.15, -0.1) is 0 Å². The largest absolute Gasteiger partial charge is 3.00 e. The minimum atomic E-state index is 0. The molecule has 0 aliphatic rings. The standard InChI is InChI=1S/3Al.9H2O/h;;;9*1H2/q3*+3;;;;;;;;;/p-9. The van der Waals surface area contributed by atoms with Gasteiger partial charge in [0.1, 0.15) is 0 Å². The van der Waals surface area contributed by atoms with Gasteiger partial charge < -0.3 is 49.3 Å². The van der Waals surface area contributed by atoms with E-state index < -0.39 is 0 Å². The summed E-state index contributed by atoms with van der Waals surface area (Å²) in [5, 5.41) is 0. The van der Waals surface area contributed by atoms with Crippen LogP contribution in [0.4, 0.5) is 0 Å². The summed E-state index contributed by atoms with van der Waals surface area (Å²) in [6.07, 6.45) is 0. The van der Waals surface area contributed by atoms with Crippen molar-refractivity contribution in [3.63, 3.8) is 0 Å². The fraction of sp³-hybridized carbons (Fsp3) is 0. The Kier molecular flexibility index (Phi) is 109000. The molecule has 0 atom stereocenters. The fourth-order valence-electron chi connectivity index (χ4n) is 0. The summed E-state index contributed by atoms with van der Waals surface area (Å²) in [7, 11) is 0. The first-order valence-electron chi connectivity index (χ1n) is 0. The van der Waals surface area contributed by atoms with E-state index in [2.05, 4.69) is 0 Å². The summed E-state index contributed by atoms with van der Waals surface area (Å²) < 4.78 is 0. The van der Waals surface area contributed by atoms with E-state index >= 15 is 0 Å². The second-order valence-corrected chi connectivity index (χ2v) is 0. The van der Waals surface area contributed by atoms with Gasteiger partial charge in [0.2, 0.25) is 0 Å². The van der Waals surface area contributed by atoms with Crippen molar-refractivity contribution < 1.29 is 49.3 Å². The van der Waals surface area contributed by atoms with Gasteiger partial charge >= 0.3 is 52.1 Å². The van der Waals surface area contributed by atoms with E-state index in [1.807, 2.05) is 0 Å². The Labute approximate surface area is 101 Å². The SMILES string of the molecule is [Al+3].[Al+3].[Al+3].[OH-].[OH-].[OH-].[OH-].[OH-].[OH-].[OH-].[OH-].[OH-]. The molecule has 0 heterocycles. The Bertz CT molecular complexity index is 9.74. The third-order valence-electron chi connectivity index (χ3n) is 0. The average Bonchev–Trinajstić information content (AvgIpc) is 0. The van der Waals surface area contributed by atoms with Crippen molar-refractivity contribution in [3.8, 4) is 0 Å². The van der Waals surface area contributed by atoms with E-state index in [0.717, 1.165) is 0 Å². The van der Waals surface area contributed by atoms with Crippen molar-refractivity contribution in [1.29, 1.82) is 0 Å². The molecule has 0 aromatic rings. The van der Waals surface area contributed by atoms with Crippen molar-refractivity contribution in [2.24, 2.45) is 0 Å². The predicted molar refractivity (Wildman–Crippen MR) is 34.7 cm³/mol. The van der Waals surface area contributed by atoms with Gasteiger partial charge in [-0.3, -0.25) is 0 Å². The second kappa shape index (κ2) is 1010. The molecule has 0 radical (unpaired) electrons. The molecule has 0 aliphatic heterocycles. The summed E-state index contributed by atoms with van der Waals surface area (Å²) in [6, 6.07) is 0. The van der Waals surface area contributed by atoms with Gasteiger partial charge in [-0.2, -0.15) is 0 Å². The molecule has 12 heteroatoms. The van der Waals surface area contributed by atoms with Crippen LogP contribution in [0.5, 0.6) is 0 Å². The summed E-state index contributed by atoms with van der Waals surface area (Å²) in [4.78, 5) is 0. The zero-order valence-corrected chi connectivity index (χ0v) is 9.22. The molecule has 0 aromatic heterocycles. The molecule has 9 nitrogen and oxygen atoms in total. The van der Waals surface area contributed by atoms with E-state index in [1.165, 1.54) is 0 Å². The van der Waals surface area contributed by atoms with Crippen LogP contribution in [0.3, 0.4) is 0 Å². The molecular weight excluding hydrogens is 225 g/mol. The third kappa shape index (κ3) is 769. The quantitative estimate of drug-likeness (QED) is 0.392. The van der Waals surface area contributed by atoms with Gasteiger partial charge in [-0.05, 0) is 0 Å². The van der Waals surface area contributed by atoms with Crippen LogP contribution >= 0.6 is 0 Å². The van der Waals surface area contributed by atoms with Crippen molar-refractivity contribution in [2.45, 2.75) is 0 Å². The topological polar surface area (TPSA) is 270 Å². The van der Waals surface area contributed by atoms with Gasteiger partial charge in [0.15, 0.2) is 0 Å². The molecule has 0 aromatic carbocycles. The first kappa shape index (κ1) is 1290. The maximum atomic E-state index is 0. The molecule has 72 valence electrons. The van der Waals surface area contributed by atoms with Crippen LogP contribution in [-0.4, -0.2) is 101 Å². The maximum absolute atomic E-state index is 0. The van der Waals surface area contributed by atoms with Gasteiger partial charge in [0.05, 0.1) is 0 Å². The van der Waals surface area contributed by atoms with E-state index in [-0.39, 0.29) is 101 Å². The Morgan fingerprint density at radius 2 is 0.167 bits per heavy atom. The molecule has 0 fully saturated rings. The smallest absolute Gasteiger partial charge is 0.870 e. The Balaban J connectivity index is 0. The normalized spacial score (nSPS) is 0. The van der Waals surface area contributed by atoms with Crippen molar-refractivity contribution in [2.75, 3.05) is 0 Å². The number of hydrogen-bond acceptors (Lipinski definition) is 9. The van der Waals surface area contributed by atoms with Gasteiger partial charge in [-0.25, -0.2) is 0 Å². The Hall–Kier alpha value is 1.24. The van der Waals surface area contributed by atoms with E-state index in [0.29, 0.717) is 0 Å². The van der Waals surface area contributed by atoms with Crippen LogP contribution in [0.15, 0.2) is 0 Å². The summed E-state index contributed by atoms with van der Waals surface area (Å²) >= 11 is 0. The number of rotatable bonds is 0. The van der Waals surface area contributed by atoms with Gasteiger partial charge in [-0.1, -0.05) is 0 Å². The van der Waals surface area contributed by atoms with E-state index in [4.69, 9.17) is 0 Å². The molecule has 0 bridgehead atoms.